The number of hydrogen-bond acceptors (Lipinski definition) is 3. The highest BCUT2D eigenvalue weighted by atomic mass is 16.4. The van der Waals surface area contributed by atoms with Crippen molar-refractivity contribution in [2.75, 3.05) is 11.9 Å². The van der Waals surface area contributed by atoms with E-state index in [1.165, 1.54) is 6.42 Å². The van der Waals surface area contributed by atoms with Crippen LogP contribution in [0.1, 0.15) is 32.1 Å². The summed E-state index contributed by atoms with van der Waals surface area (Å²) in [5, 5.41) is 12.5. The van der Waals surface area contributed by atoms with E-state index in [1.807, 2.05) is 59.5 Å². The van der Waals surface area contributed by atoms with Crippen LogP contribution in [0.4, 0.5) is 5.69 Å². The predicted octanol–water partition coefficient (Wildman–Crippen LogP) is 4.01. The maximum Gasteiger partial charge on any atom is 0.320 e. The lowest BCUT2D eigenvalue weighted by Crippen LogP contribution is -2.46. The van der Waals surface area contributed by atoms with Gasteiger partial charge < -0.3 is 10.4 Å². The molecule has 1 heterocycles. The standard InChI is InChI=1S/C23H26N2O3/c26-22(15-25-20-9-5-4-8-18(20)14-21(25)23(27)28)24-19-12-10-17(11-13-19)16-6-2-1-3-7-16/h1-3,6-7,10-13,18,20-21H,4-5,8-9,14-15H2,(H,24,26)(H,27,28). The molecule has 0 radical (unpaired) electrons. The molecule has 4 rings (SSSR count). The second-order valence-corrected chi connectivity index (χ2v) is 7.87. The third kappa shape index (κ3) is 3.94. The number of anilines is 1. The van der Waals surface area contributed by atoms with Crippen LogP contribution in [-0.4, -0.2) is 40.5 Å². The highest BCUT2D eigenvalue weighted by Gasteiger charge is 2.45. The average molecular weight is 378 g/mol. The lowest BCUT2D eigenvalue weighted by molar-refractivity contribution is -0.143. The SMILES string of the molecule is O=C(CN1C(C(=O)O)CC2CCCCC21)Nc1ccc(-c2ccccc2)cc1. The van der Waals surface area contributed by atoms with Crippen molar-refractivity contribution in [2.45, 2.75) is 44.2 Å². The summed E-state index contributed by atoms with van der Waals surface area (Å²) >= 11 is 0. The van der Waals surface area contributed by atoms with Crippen LogP contribution in [0.5, 0.6) is 0 Å². The van der Waals surface area contributed by atoms with E-state index in [-0.39, 0.29) is 18.5 Å². The Kier molecular flexibility index (Phi) is 5.44. The van der Waals surface area contributed by atoms with Gasteiger partial charge in [0.05, 0.1) is 6.54 Å². The van der Waals surface area contributed by atoms with Gasteiger partial charge in [0.15, 0.2) is 0 Å². The van der Waals surface area contributed by atoms with Crippen molar-refractivity contribution >= 4 is 17.6 Å². The fourth-order valence-electron chi connectivity index (χ4n) is 4.77. The van der Waals surface area contributed by atoms with Crippen LogP contribution in [0.2, 0.25) is 0 Å². The highest BCUT2D eigenvalue weighted by molar-refractivity contribution is 5.93. The number of benzene rings is 2. The van der Waals surface area contributed by atoms with E-state index >= 15 is 0 Å². The Morgan fingerprint density at radius 1 is 0.964 bits per heavy atom. The second-order valence-electron chi connectivity index (χ2n) is 7.87. The van der Waals surface area contributed by atoms with Gasteiger partial charge in [0.1, 0.15) is 6.04 Å². The summed E-state index contributed by atoms with van der Waals surface area (Å²) in [6.45, 7) is 0.137. The van der Waals surface area contributed by atoms with Gasteiger partial charge in [-0.25, -0.2) is 0 Å². The van der Waals surface area contributed by atoms with Crippen molar-refractivity contribution in [2.24, 2.45) is 5.92 Å². The van der Waals surface area contributed by atoms with Crippen molar-refractivity contribution in [3.63, 3.8) is 0 Å². The van der Waals surface area contributed by atoms with Gasteiger partial charge in [-0.15, -0.1) is 0 Å². The zero-order valence-corrected chi connectivity index (χ0v) is 15.9. The maximum atomic E-state index is 12.6. The first-order valence-corrected chi connectivity index (χ1v) is 10.1. The summed E-state index contributed by atoms with van der Waals surface area (Å²) in [5.74, 6) is -0.549. The molecule has 0 aromatic heterocycles. The summed E-state index contributed by atoms with van der Waals surface area (Å²) in [7, 11) is 0. The van der Waals surface area contributed by atoms with E-state index in [9.17, 15) is 14.7 Å². The van der Waals surface area contributed by atoms with E-state index in [4.69, 9.17) is 0 Å². The number of hydrogen-bond donors (Lipinski definition) is 2. The quantitative estimate of drug-likeness (QED) is 0.825. The Morgan fingerprint density at radius 3 is 2.36 bits per heavy atom. The minimum Gasteiger partial charge on any atom is -0.480 e. The van der Waals surface area contributed by atoms with Gasteiger partial charge in [-0.05, 0) is 48.4 Å². The van der Waals surface area contributed by atoms with Crippen LogP contribution in [0.15, 0.2) is 54.6 Å². The number of likely N-dealkylation sites (tertiary alicyclic amines) is 1. The maximum absolute atomic E-state index is 12.6. The lowest BCUT2D eigenvalue weighted by atomic mass is 9.85. The Morgan fingerprint density at radius 2 is 1.64 bits per heavy atom. The van der Waals surface area contributed by atoms with E-state index in [0.717, 1.165) is 36.1 Å². The van der Waals surface area contributed by atoms with Gasteiger partial charge in [-0.1, -0.05) is 55.3 Å². The molecule has 1 aliphatic carbocycles. The smallest absolute Gasteiger partial charge is 0.320 e. The molecule has 5 heteroatoms. The molecule has 2 fully saturated rings. The lowest BCUT2D eigenvalue weighted by Gasteiger charge is -2.32. The van der Waals surface area contributed by atoms with Crippen molar-refractivity contribution in [3.8, 4) is 11.1 Å². The number of aliphatic carboxylic acids is 1. The summed E-state index contributed by atoms with van der Waals surface area (Å²) in [4.78, 5) is 26.2. The molecule has 0 bridgehead atoms. The summed E-state index contributed by atoms with van der Waals surface area (Å²) in [5.41, 5.74) is 2.95. The summed E-state index contributed by atoms with van der Waals surface area (Å²) in [6.07, 6.45) is 5.02. The number of nitrogens with one attached hydrogen (secondary N) is 1. The number of nitrogens with zero attached hydrogens (tertiary/aromatic N) is 1. The Hall–Kier alpha value is -2.66. The second kappa shape index (κ2) is 8.15. The van der Waals surface area contributed by atoms with Crippen LogP contribution in [0.25, 0.3) is 11.1 Å². The first-order chi connectivity index (χ1) is 13.6. The van der Waals surface area contributed by atoms with Crippen LogP contribution < -0.4 is 5.32 Å². The van der Waals surface area contributed by atoms with Gasteiger partial charge >= 0.3 is 5.97 Å². The first-order valence-electron chi connectivity index (χ1n) is 10.1. The molecule has 28 heavy (non-hydrogen) atoms. The van der Waals surface area contributed by atoms with Crippen molar-refractivity contribution in [1.29, 1.82) is 0 Å². The van der Waals surface area contributed by atoms with Crippen LogP contribution >= 0.6 is 0 Å². The third-order valence-electron chi connectivity index (χ3n) is 6.11. The highest BCUT2D eigenvalue weighted by Crippen LogP contribution is 2.39. The summed E-state index contributed by atoms with van der Waals surface area (Å²) < 4.78 is 0. The zero-order valence-electron chi connectivity index (χ0n) is 15.9. The molecule has 146 valence electrons. The van der Waals surface area contributed by atoms with Crippen molar-refractivity contribution < 1.29 is 14.7 Å². The Balaban J connectivity index is 1.41. The van der Waals surface area contributed by atoms with Gasteiger partial charge in [0, 0.05) is 11.7 Å². The van der Waals surface area contributed by atoms with Gasteiger partial charge in [-0.3, -0.25) is 14.5 Å². The molecule has 2 aromatic rings. The average Bonchev–Trinajstić information content (AvgIpc) is 3.08. The zero-order chi connectivity index (χ0) is 19.5. The van der Waals surface area contributed by atoms with Crippen LogP contribution in [0.3, 0.4) is 0 Å². The van der Waals surface area contributed by atoms with Gasteiger partial charge in [0.2, 0.25) is 5.91 Å². The van der Waals surface area contributed by atoms with Crippen LogP contribution in [0, 0.1) is 5.92 Å². The topological polar surface area (TPSA) is 69.6 Å². The fraction of sp³-hybridized carbons (Fsp3) is 0.391. The largest absolute Gasteiger partial charge is 0.480 e. The molecule has 1 saturated carbocycles. The molecule has 1 amide bonds. The van der Waals surface area contributed by atoms with E-state index in [2.05, 4.69) is 5.32 Å². The van der Waals surface area contributed by atoms with Crippen LogP contribution in [-0.2, 0) is 9.59 Å². The van der Waals surface area contributed by atoms with E-state index in [1.54, 1.807) is 0 Å². The number of fused-ring (bicyclic) bond motifs is 1. The predicted molar refractivity (Wildman–Crippen MR) is 109 cm³/mol. The molecule has 2 N–H and O–H groups in total. The van der Waals surface area contributed by atoms with E-state index in [0.29, 0.717) is 12.3 Å². The van der Waals surface area contributed by atoms with Crippen molar-refractivity contribution in [1.82, 2.24) is 4.90 Å². The number of carboxylic acid groups (broad SMARTS) is 1. The molecule has 0 spiro atoms. The molecule has 2 aliphatic rings. The van der Waals surface area contributed by atoms with Crippen molar-refractivity contribution in [3.05, 3.63) is 54.6 Å². The molecule has 3 atom stereocenters. The number of carbonyl (C=O) groups is 2. The van der Waals surface area contributed by atoms with Gasteiger partial charge in [-0.2, -0.15) is 0 Å². The first kappa shape index (κ1) is 18.7. The number of rotatable bonds is 5. The minimum absolute atomic E-state index is 0.137. The normalized spacial score (nSPS) is 24.5. The minimum atomic E-state index is -0.811. The molecular weight excluding hydrogens is 352 g/mol. The summed E-state index contributed by atoms with van der Waals surface area (Å²) in [6, 6.07) is 17.5. The third-order valence-corrected chi connectivity index (χ3v) is 6.11. The monoisotopic (exact) mass is 378 g/mol. The number of carbonyl (C=O) groups excluding carboxylic acids is 1. The number of carboxylic acids is 1. The molecule has 3 unspecified atom stereocenters. The van der Waals surface area contributed by atoms with E-state index < -0.39 is 12.0 Å². The molecule has 2 aromatic carbocycles. The molecule has 1 saturated heterocycles. The fourth-order valence-corrected chi connectivity index (χ4v) is 4.77. The Bertz CT molecular complexity index is 835. The molecule has 1 aliphatic heterocycles. The molecule has 5 nitrogen and oxygen atoms in total. The number of amides is 1. The van der Waals surface area contributed by atoms with Gasteiger partial charge in [0.25, 0.3) is 0 Å². The molecular formula is C23H26N2O3. The Labute approximate surface area is 165 Å².